The van der Waals surface area contributed by atoms with Crippen molar-refractivity contribution in [2.45, 2.75) is 11.9 Å². The highest BCUT2D eigenvalue weighted by molar-refractivity contribution is 8.00. The summed E-state index contributed by atoms with van der Waals surface area (Å²) in [6.45, 7) is 2.59. The van der Waals surface area contributed by atoms with Crippen LogP contribution in [0.15, 0.2) is 71.2 Å². The molecule has 0 bridgehead atoms. The van der Waals surface area contributed by atoms with Crippen LogP contribution in [0.3, 0.4) is 0 Å². The highest BCUT2D eigenvalue weighted by atomic mass is 32.2. The number of aromatic nitrogens is 3. The lowest BCUT2D eigenvalue weighted by molar-refractivity contribution is -0.113. The van der Waals surface area contributed by atoms with Crippen molar-refractivity contribution in [2.75, 3.05) is 17.7 Å². The fourth-order valence-corrected chi connectivity index (χ4v) is 4.20. The number of thioether (sulfide) groups is 1. The predicted molar refractivity (Wildman–Crippen MR) is 122 cm³/mol. The summed E-state index contributed by atoms with van der Waals surface area (Å²) in [5.41, 5.74) is 2.87. The summed E-state index contributed by atoms with van der Waals surface area (Å²) in [7, 11) is 0. The molecule has 4 aromatic rings. The van der Waals surface area contributed by atoms with E-state index in [4.69, 9.17) is 9.72 Å². The van der Waals surface area contributed by atoms with Crippen molar-refractivity contribution in [3.63, 3.8) is 0 Å². The second-order valence-corrected chi connectivity index (χ2v) is 8.12. The van der Waals surface area contributed by atoms with Gasteiger partial charge in [0.25, 0.3) is 0 Å². The standard InChI is InChI=1S/C22H20N4O2S2/c1-2-28-17-10-8-16(9-11-17)20-25-19(15-6-4-3-5-7-15)21(26-20)30-14-18(27)24-22-23-12-13-29-22/h3-13H,2,14H2,1H3,(H,25,26)(H,23,24,27). The quantitative estimate of drug-likeness (QED) is 0.365. The number of hydrogen-bond donors (Lipinski definition) is 2. The molecule has 0 radical (unpaired) electrons. The Morgan fingerprint density at radius 2 is 1.93 bits per heavy atom. The van der Waals surface area contributed by atoms with E-state index in [-0.39, 0.29) is 11.7 Å². The number of anilines is 1. The Balaban J connectivity index is 1.57. The van der Waals surface area contributed by atoms with E-state index >= 15 is 0 Å². The molecular weight excluding hydrogens is 416 g/mol. The maximum atomic E-state index is 12.3. The van der Waals surface area contributed by atoms with E-state index < -0.39 is 0 Å². The lowest BCUT2D eigenvalue weighted by Gasteiger charge is -2.03. The molecule has 0 aliphatic rings. The van der Waals surface area contributed by atoms with E-state index in [1.807, 2.05) is 66.9 Å². The fourth-order valence-electron chi connectivity index (χ4n) is 2.85. The van der Waals surface area contributed by atoms with Crippen molar-refractivity contribution in [1.29, 1.82) is 0 Å². The monoisotopic (exact) mass is 436 g/mol. The number of carbonyl (C=O) groups is 1. The van der Waals surface area contributed by atoms with Crippen molar-refractivity contribution in [1.82, 2.24) is 15.0 Å². The van der Waals surface area contributed by atoms with Crippen molar-refractivity contribution < 1.29 is 9.53 Å². The average molecular weight is 437 g/mol. The second-order valence-electron chi connectivity index (χ2n) is 6.26. The normalized spacial score (nSPS) is 10.7. The summed E-state index contributed by atoms with van der Waals surface area (Å²) < 4.78 is 5.52. The van der Waals surface area contributed by atoms with Crippen LogP contribution in [-0.4, -0.2) is 33.2 Å². The maximum absolute atomic E-state index is 12.3. The van der Waals surface area contributed by atoms with Gasteiger partial charge in [-0.05, 0) is 31.2 Å². The zero-order valence-electron chi connectivity index (χ0n) is 16.3. The van der Waals surface area contributed by atoms with Crippen LogP contribution in [0.5, 0.6) is 5.75 Å². The molecule has 2 aromatic carbocycles. The molecule has 152 valence electrons. The molecular formula is C22H20N4O2S2. The summed E-state index contributed by atoms with van der Waals surface area (Å²) in [6, 6.07) is 17.8. The number of ether oxygens (including phenoxy) is 1. The summed E-state index contributed by atoms with van der Waals surface area (Å²) in [4.78, 5) is 24.6. The highest BCUT2D eigenvalue weighted by Crippen LogP contribution is 2.33. The summed E-state index contributed by atoms with van der Waals surface area (Å²) in [6.07, 6.45) is 1.66. The maximum Gasteiger partial charge on any atom is 0.236 e. The molecule has 0 aliphatic heterocycles. The topological polar surface area (TPSA) is 79.9 Å². The number of H-pyrrole nitrogens is 1. The Hall–Kier alpha value is -3.10. The van der Waals surface area contributed by atoms with Gasteiger partial charge < -0.3 is 15.0 Å². The smallest absolute Gasteiger partial charge is 0.236 e. The van der Waals surface area contributed by atoms with E-state index in [2.05, 4.69) is 15.3 Å². The first-order valence-electron chi connectivity index (χ1n) is 9.43. The Morgan fingerprint density at radius 3 is 2.63 bits per heavy atom. The molecule has 2 aromatic heterocycles. The first-order valence-corrected chi connectivity index (χ1v) is 11.3. The molecule has 0 unspecified atom stereocenters. The lowest BCUT2D eigenvalue weighted by Crippen LogP contribution is -2.13. The van der Waals surface area contributed by atoms with Crippen molar-refractivity contribution in [3.05, 3.63) is 66.2 Å². The Morgan fingerprint density at radius 1 is 1.13 bits per heavy atom. The summed E-state index contributed by atoms with van der Waals surface area (Å²) >= 11 is 2.79. The van der Waals surface area contributed by atoms with Crippen molar-refractivity contribution >= 4 is 34.1 Å². The minimum atomic E-state index is -0.112. The van der Waals surface area contributed by atoms with Gasteiger partial charge in [-0.25, -0.2) is 9.97 Å². The molecule has 0 saturated heterocycles. The van der Waals surface area contributed by atoms with Gasteiger partial charge in [0.15, 0.2) is 5.13 Å². The summed E-state index contributed by atoms with van der Waals surface area (Å²) in [5.74, 6) is 1.70. The number of benzene rings is 2. The number of carbonyl (C=O) groups excluding carboxylic acids is 1. The molecule has 1 amide bonds. The van der Waals surface area contributed by atoms with Crippen LogP contribution in [-0.2, 0) is 4.79 Å². The molecule has 6 nitrogen and oxygen atoms in total. The van der Waals surface area contributed by atoms with Gasteiger partial charge in [-0.15, -0.1) is 11.3 Å². The lowest BCUT2D eigenvalue weighted by atomic mass is 10.2. The van der Waals surface area contributed by atoms with Gasteiger partial charge in [-0.2, -0.15) is 0 Å². The first-order chi connectivity index (χ1) is 14.7. The van der Waals surface area contributed by atoms with Crippen LogP contribution in [0.25, 0.3) is 22.6 Å². The SMILES string of the molecule is CCOc1ccc(-c2nc(SCC(=O)Nc3nccs3)c(-c3ccccc3)[nH]2)cc1. The molecule has 0 saturated carbocycles. The van der Waals surface area contributed by atoms with E-state index in [1.165, 1.54) is 23.1 Å². The van der Waals surface area contributed by atoms with E-state index in [9.17, 15) is 4.79 Å². The van der Waals surface area contributed by atoms with Crippen LogP contribution in [0, 0.1) is 0 Å². The van der Waals surface area contributed by atoms with Gasteiger partial charge in [0, 0.05) is 22.7 Å². The Kier molecular flexibility index (Phi) is 6.46. The first kappa shape index (κ1) is 20.2. The molecule has 2 heterocycles. The number of hydrogen-bond acceptors (Lipinski definition) is 6. The van der Waals surface area contributed by atoms with Crippen molar-refractivity contribution in [2.24, 2.45) is 0 Å². The zero-order valence-corrected chi connectivity index (χ0v) is 17.9. The van der Waals surface area contributed by atoms with Gasteiger partial charge in [-0.1, -0.05) is 42.1 Å². The average Bonchev–Trinajstić information content (AvgIpc) is 3.44. The van der Waals surface area contributed by atoms with Crippen LogP contribution in [0.1, 0.15) is 6.92 Å². The van der Waals surface area contributed by atoms with E-state index in [0.717, 1.165) is 33.4 Å². The van der Waals surface area contributed by atoms with Crippen LogP contribution < -0.4 is 10.1 Å². The van der Waals surface area contributed by atoms with Crippen LogP contribution >= 0.6 is 23.1 Å². The van der Waals surface area contributed by atoms with E-state index in [1.54, 1.807) is 6.20 Å². The molecule has 30 heavy (non-hydrogen) atoms. The third-order valence-electron chi connectivity index (χ3n) is 4.19. The predicted octanol–water partition coefficient (Wildman–Crippen LogP) is 5.33. The molecule has 0 spiro atoms. The van der Waals surface area contributed by atoms with Crippen LogP contribution in [0.4, 0.5) is 5.13 Å². The third kappa shape index (κ3) is 4.90. The van der Waals surface area contributed by atoms with Crippen molar-refractivity contribution in [3.8, 4) is 28.4 Å². The molecule has 2 N–H and O–H groups in total. The number of nitrogens with zero attached hydrogens (tertiary/aromatic N) is 2. The number of nitrogens with one attached hydrogen (secondary N) is 2. The Labute approximate surface area is 182 Å². The highest BCUT2D eigenvalue weighted by Gasteiger charge is 2.16. The zero-order chi connectivity index (χ0) is 20.8. The second kappa shape index (κ2) is 9.60. The van der Waals surface area contributed by atoms with Gasteiger partial charge in [0.05, 0.1) is 18.1 Å². The minimum absolute atomic E-state index is 0.112. The number of thiazole rings is 1. The molecule has 0 aliphatic carbocycles. The number of rotatable bonds is 8. The minimum Gasteiger partial charge on any atom is -0.494 e. The van der Waals surface area contributed by atoms with Gasteiger partial charge in [0.1, 0.15) is 16.6 Å². The molecule has 4 rings (SSSR count). The number of aromatic amines is 1. The van der Waals surface area contributed by atoms with Gasteiger partial charge in [0.2, 0.25) is 5.91 Å². The van der Waals surface area contributed by atoms with E-state index in [0.29, 0.717) is 11.7 Å². The van der Waals surface area contributed by atoms with Gasteiger partial charge in [-0.3, -0.25) is 4.79 Å². The molecule has 8 heteroatoms. The van der Waals surface area contributed by atoms with Crippen LogP contribution in [0.2, 0.25) is 0 Å². The Bertz CT molecular complexity index is 1090. The number of amides is 1. The molecule has 0 fully saturated rings. The largest absolute Gasteiger partial charge is 0.494 e. The third-order valence-corrected chi connectivity index (χ3v) is 5.85. The fraction of sp³-hybridized carbons (Fsp3) is 0.136. The van der Waals surface area contributed by atoms with Gasteiger partial charge >= 0.3 is 0 Å². The number of imidazole rings is 1. The molecule has 0 atom stereocenters. The summed E-state index contributed by atoms with van der Waals surface area (Å²) in [5, 5.41) is 6.01.